The largest absolute Gasteiger partial charge is 0.480 e. The zero-order valence-electron chi connectivity index (χ0n) is 9.07. The van der Waals surface area contributed by atoms with Gasteiger partial charge in [-0.3, -0.25) is 4.79 Å². The van der Waals surface area contributed by atoms with Crippen molar-refractivity contribution in [2.45, 2.75) is 25.4 Å². The average Bonchev–Trinajstić information content (AvgIpc) is 2.90. The van der Waals surface area contributed by atoms with Gasteiger partial charge < -0.3 is 5.11 Å². The maximum absolute atomic E-state index is 11.9. The standard InChI is InChI=1S/C10H13NO4S2/c12-10(13)7-17(14,15)11(8-3-4-8)6-9-2-1-5-16-9/h1-2,5,8H,3-4,6-7H2,(H,12,13). The van der Waals surface area contributed by atoms with Gasteiger partial charge in [0.15, 0.2) is 5.75 Å². The summed E-state index contributed by atoms with van der Waals surface area (Å²) in [6, 6.07) is 3.70. The van der Waals surface area contributed by atoms with Crippen molar-refractivity contribution < 1.29 is 18.3 Å². The molecule has 0 aromatic carbocycles. The van der Waals surface area contributed by atoms with Crippen LogP contribution >= 0.6 is 11.3 Å². The second kappa shape index (κ2) is 4.75. The molecule has 0 spiro atoms. The summed E-state index contributed by atoms with van der Waals surface area (Å²) in [7, 11) is -3.69. The normalized spacial score (nSPS) is 16.3. The number of thiophene rings is 1. The van der Waals surface area contributed by atoms with Crippen LogP contribution in [0.4, 0.5) is 0 Å². The quantitative estimate of drug-likeness (QED) is 0.844. The van der Waals surface area contributed by atoms with Crippen LogP contribution in [-0.4, -0.2) is 35.6 Å². The lowest BCUT2D eigenvalue weighted by atomic mass is 10.4. The molecule has 0 radical (unpaired) electrons. The molecule has 0 saturated heterocycles. The van der Waals surface area contributed by atoms with Gasteiger partial charge in [-0.05, 0) is 24.3 Å². The maximum atomic E-state index is 11.9. The highest BCUT2D eigenvalue weighted by molar-refractivity contribution is 7.89. The van der Waals surface area contributed by atoms with Crippen molar-refractivity contribution in [3.63, 3.8) is 0 Å². The molecule has 5 nitrogen and oxygen atoms in total. The van der Waals surface area contributed by atoms with Gasteiger partial charge in [-0.15, -0.1) is 11.3 Å². The van der Waals surface area contributed by atoms with Gasteiger partial charge in [-0.1, -0.05) is 6.07 Å². The Morgan fingerprint density at radius 1 is 1.53 bits per heavy atom. The van der Waals surface area contributed by atoms with E-state index in [1.807, 2.05) is 17.5 Å². The van der Waals surface area contributed by atoms with Crippen LogP contribution in [0.5, 0.6) is 0 Å². The van der Waals surface area contributed by atoms with Gasteiger partial charge in [0.1, 0.15) is 0 Å². The van der Waals surface area contributed by atoms with Crippen LogP contribution in [0.1, 0.15) is 17.7 Å². The highest BCUT2D eigenvalue weighted by Crippen LogP contribution is 2.31. The molecule has 0 amide bonds. The summed E-state index contributed by atoms with van der Waals surface area (Å²) < 4.78 is 25.1. The minimum absolute atomic E-state index is 0.0125. The molecule has 17 heavy (non-hydrogen) atoms. The number of hydrogen-bond donors (Lipinski definition) is 1. The Hall–Kier alpha value is -0.920. The molecule has 1 fully saturated rings. The monoisotopic (exact) mass is 275 g/mol. The molecular formula is C10H13NO4S2. The second-order valence-corrected chi connectivity index (χ2v) is 6.96. The molecule has 0 unspecified atom stereocenters. The van der Waals surface area contributed by atoms with Crippen molar-refractivity contribution in [3.05, 3.63) is 22.4 Å². The topological polar surface area (TPSA) is 74.7 Å². The van der Waals surface area contributed by atoms with E-state index < -0.39 is 21.7 Å². The first kappa shape index (κ1) is 12.5. The molecule has 1 heterocycles. The first-order valence-electron chi connectivity index (χ1n) is 5.23. The first-order valence-corrected chi connectivity index (χ1v) is 7.71. The molecule has 1 aliphatic rings. The Bertz CT molecular complexity index is 490. The summed E-state index contributed by atoms with van der Waals surface area (Å²) in [5.74, 6) is -2.13. The number of carbonyl (C=O) groups is 1. The summed E-state index contributed by atoms with van der Waals surface area (Å²) in [6.07, 6.45) is 1.65. The van der Waals surface area contributed by atoms with Gasteiger partial charge in [0, 0.05) is 17.5 Å². The summed E-state index contributed by atoms with van der Waals surface area (Å²) in [4.78, 5) is 11.5. The summed E-state index contributed by atoms with van der Waals surface area (Å²) in [5, 5.41) is 10.5. The van der Waals surface area contributed by atoms with Gasteiger partial charge in [-0.25, -0.2) is 8.42 Å². The highest BCUT2D eigenvalue weighted by atomic mass is 32.2. The molecule has 0 bridgehead atoms. The third-order valence-electron chi connectivity index (χ3n) is 2.51. The number of rotatable bonds is 6. The van der Waals surface area contributed by atoms with Crippen molar-refractivity contribution in [3.8, 4) is 0 Å². The molecule has 1 saturated carbocycles. The van der Waals surface area contributed by atoms with E-state index in [4.69, 9.17) is 5.11 Å². The van der Waals surface area contributed by atoms with Crippen molar-refractivity contribution >= 4 is 27.3 Å². The van der Waals surface area contributed by atoms with E-state index in [-0.39, 0.29) is 12.6 Å². The number of carboxylic acids is 1. The van der Waals surface area contributed by atoms with E-state index in [2.05, 4.69) is 0 Å². The summed E-state index contributed by atoms with van der Waals surface area (Å²) in [5.41, 5.74) is 0. The first-order chi connectivity index (χ1) is 7.99. The Morgan fingerprint density at radius 3 is 2.71 bits per heavy atom. The fourth-order valence-corrected chi connectivity index (χ4v) is 3.88. The molecule has 94 valence electrons. The lowest BCUT2D eigenvalue weighted by Crippen LogP contribution is -2.36. The van der Waals surface area contributed by atoms with Crippen LogP contribution in [0.25, 0.3) is 0 Å². The van der Waals surface area contributed by atoms with Crippen LogP contribution in [0.2, 0.25) is 0 Å². The highest BCUT2D eigenvalue weighted by Gasteiger charge is 2.38. The minimum Gasteiger partial charge on any atom is -0.480 e. The van der Waals surface area contributed by atoms with Gasteiger partial charge in [0.05, 0.1) is 0 Å². The van der Waals surface area contributed by atoms with Crippen molar-refractivity contribution in [1.29, 1.82) is 0 Å². The number of carboxylic acid groups (broad SMARTS) is 1. The average molecular weight is 275 g/mol. The van der Waals surface area contributed by atoms with Gasteiger partial charge in [-0.2, -0.15) is 4.31 Å². The number of nitrogens with zero attached hydrogens (tertiary/aromatic N) is 1. The van der Waals surface area contributed by atoms with Crippen LogP contribution in [0, 0.1) is 0 Å². The van der Waals surface area contributed by atoms with E-state index >= 15 is 0 Å². The zero-order valence-corrected chi connectivity index (χ0v) is 10.7. The van der Waals surface area contributed by atoms with Gasteiger partial charge >= 0.3 is 5.97 Å². The molecule has 2 rings (SSSR count). The fraction of sp³-hybridized carbons (Fsp3) is 0.500. The fourth-order valence-electron chi connectivity index (χ4n) is 1.61. The molecule has 0 aliphatic heterocycles. The molecule has 1 aromatic rings. The Kier molecular flexibility index (Phi) is 3.50. The maximum Gasteiger partial charge on any atom is 0.320 e. The van der Waals surface area contributed by atoms with Crippen LogP contribution in [0.3, 0.4) is 0 Å². The van der Waals surface area contributed by atoms with Crippen molar-refractivity contribution in [2.75, 3.05) is 5.75 Å². The molecule has 1 aliphatic carbocycles. The number of hydrogen-bond acceptors (Lipinski definition) is 4. The minimum atomic E-state index is -3.69. The second-order valence-electron chi connectivity index (χ2n) is 4.01. The zero-order chi connectivity index (χ0) is 12.5. The predicted molar refractivity (Wildman–Crippen MR) is 64.3 cm³/mol. The number of aliphatic carboxylic acids is 1. The van der Waals surface area contributed by atoms with E-state index in [1.54, 1.807) is 0 Å². The third-order valence-corrected chi connectivity index (χ3v) is 5.12. The summed E-state index contributed by atoms with van der Waals surface area (Å²) in [6.45, 7) is 0.290. The lowest BCUT2D eigenvalue weighted by molar-refractivity contribution is -0.134. The van der Waals surface area contributed by atoms with Crippen LogP contribution in [-0.2, 0) is 21.4 Å². The van der Waals surface area contributed by atoms with E-state index in [9.17, 15) is 13.2 Å². The molecule has 1 aromatic heterocycles. The SMILES string of the molecule is O=C(O)CS(=O)(=O)N(Cc1cccs1)C1CC1. The predicted octanol–water partition coefficient (Wildman–Crippen LogP) is 1.13. The summed E-state index contributed by atoms with van der Waals surface area (Å²) >= 11 is 1.48. The third kappa shape index (κ3) is 3.27. The van der Waals surface area contributed by atoms with Crippen LogP contribution in [0.15, 0.2) is 17.5 Å². The van der Waals surface area contributed by atoms with Gasteiger partial charge in [0.2, 0.25) is 10.0 Å². The van der Waals surface area contributed by atoms with E-state index in [0.717, 1.165) is 17.7 Å². The van der Waals surface area contributed by atoms with Gasteiger partial charge in [0.25, 0.3) is 0 Å². The van der Waals surface area contributed by atoms with E-state index in [0.29, 0.717) is 0 Å². The Morgan fingerprint density at radius 2 is 2.24 bits per heavy atom. The Labute approximate surface area is 104 Å². The smallest absolute Gasteiger partial charge is 0.320 e. The lowest BCUT2D eigenvalue weighted by Gasteiger charge is -2.19. The Balaban J connectivity index is 2.14. The van der Waals surface area contributed by atoms with Crippen molar-refractivity contribution in [2.24, 2.45) is 0 Å². The van der Waals surface area contributed by atoms with Crippen LogP contribution < -0.4 is 0 Å². The molecule has 0 atom stereocenters. The number of sulfonamides is 1. The van der Waals surface area contributed by atoms with E-state index in [1.165, 1.54) is 15.6 Å². The molecule has 1 N–H and O–H groups in total. The molecular weight excluding hydrogens is 262 g/mol. The van der Waals surface area contributed by atoms with Crippen molar-refractivity contribution in [1.82, 2.24) is 4.31 Å². The molecule has 7 heteroatoms.